The lowest BCUT2D eigenvalue weighted by Crippen LogP contribution is -2.60. The molecule has 1 fully saturated rings. The largest absolute Gasteiger partial charge is 0.446 e. The molecule has 0 saturated carbocycles. The summed E-state index contributed by atoms with van der Waals surface area (Å²) in [6.45, 7) is 15.5. The molecule has 1 aliphatic heterocycles. The van der Waals surface area contributed by atoms with Crippen LogP contribution in [0.1, 0.15) is 125 Å². The van der Waals surface area contributed by atoms with Crippen LogP contribution in [0.25, 0.3) is 0 Å². The molecule has 350 valence electrons. The topological polar surface area (TPSA) is 167 Å². The Kier molecular flexibility index (Phi) is 21.4. The number of carbonyl (C=O) groups is 5. The van der Waals surface area contributed by atoms with E-state index in [1.807, 2.05) is 71.9 Å². The molecule has 1 saturated heterocycles. The van der Waals surface area contributed by atoms with Crippen LogP contribution >= 0.6 is 0 Å². The second-order valence-electron chi connectivity index (χ2n) is 18.3. The zero-order valence-corrected chi connectivity index (χ0v) is 39.7. The monoisotopic (exact) mass is 870 g/mol. The highest BCUT2D eigenvalue weighted by molar-refractivity contribution is 5.91. The first-order valence-electron chi connectivity index (χ1n) is 22.9. The van der Waals surface area contributed by atoms with Crippen molar-refractivity contribution in [2.45, 2.75) is 168 Å². The fourth-order valence-electron chi connectivity index (χ4n) is 9.16. The number of amides is 5. The molecule has 3 rings (SSSR count). The SMILES string of the molecule is CC[C@@H](C)[C@H]([C@H](CC(=O)N1CCC[C@H]1[C@H](OC)[C@H](C)C(=O)N[C@@H](C)[C@@H](O)c1ccccc1)OC)N(C)C(=O)[C@@H](NC(=O)[C@@H](C(C)C)N(C)C(=O)OC1CC/C=C/CCC1)C(C)C. The van der Waals surface area contributed by atoms with Crippen LogP contribution in [0.15, 0.2) is 42.5 Å². The number of hydrogen-bond donors (Lipinski definition) is 3. The molecule has 5 amide bonds. The summed E-state index contributed by atoms with van der Waals surface area (Å²) in [7, 11) is 6.35. The van der Waals surface area contributed by atoms with E-state index in [9.17, 15) is 29.1 Å². The average Bonchev–Trinajstić information content (AvgIpc) is 3.72. The van der Waals surface area contributed by atoms with Gasteiger partial charge in [0.25, 0.3) is 0 Å². The van der Waals surface area contributed by atoms with E-state index in [-0.39, 0.29) is 54.0 Å². The van der Waals surface area contributed by atoms with Crippen LogP contribution in [-0.2, 0) is 33.4 Å². The standard InChI is InChI=1S/C48H79N5O9/c1-13-32(6)42(51(9)47(58)40(30(2)3)50-46(57)41(31(4)5)52(10)48(59)62-36-25-20-15-14-16-21-26-36)38(60-11)29-39(54)53-28-22-27-37(53)44(61-12)33(7)45(56)49-34(8)43(55)35-23-18-17-19-24-35/h14-15,17-19,23-24,30-34,36-38,40-44,55H,13,16,20-22,25-29H2,1-12H3,(H,49,56)(H,50,57)/b15-14+/t32-,33+,34+,36?,37+,38+,40+,41-,42-,43-,44-/m1/s1. The number of allylic oxidation sites excluding steroid dienone is 2. The molecule has 1 aromatic carbocycles. The number of nitrogens with zero attached hydrogens (tertiary/aromatic N) is 3. The second-order valence-corrected chi connectivity index (χ2v) is 18.3. The number of carbonyl (C=O) groups excluding carboxylic acids is 5. The molecular weight excluding hydrogens is 791 g/mol. The van der Waals surface area contributed by atoms with Crippen molar-refractivity contribution in [2.24, 2.45) is 23.7 Å². The molecule has 2 aliphatic rings. The Morgan fingerprint density at radius 1 is 0.823 bits per heavy atom. The van der Waals surface area contributed by atoms with E-state index in [0.717, 1.165) is 38.5 Å². The molecule has 1 aromatic rings. The molecule has 14 nitrogen and oxygen atoms in total. The Balaban J connectivity index is 1.75. The number of methoxy groups -OCH3 is 2. The molecule has 62 heavy (non-hydrogen) atoms. The minimum absolute atomic E-state index is 0.0186. The van der Waals surface area contributed by atoms with E-state index in [2.05, 4.69) is 22.8 Å². The van der Waals surface area contributed by atoms with Gasteiger partial charge < -0.3 is 39.8 Å². The first-order chi connectivity index (χ1) is 29.4. The van der Waals surface area contributed by atoms with Crippen LogP contribution in [0.5, 0.6) is 0 Å². The molecule has 0 bridgehead atoms. The molecule has 1 aliphatic carbocycles. The summed E-state index contributed by atoms with van der Waals surface area (Å²) in [4.78, 5) is 74.7. The highest BCUT2D eigenvalue weighted by Crippen LogP contribution is 2.30. The number of likely N-dealkylation sites (tertiary alicyclic amines) is 1. The maximum Gasteiger partial charge on any atom is 0.410 e. The van der Waals surface area contributed by atoms with E-state index < -0.39 is 60.4 Å². The second kappa shape index (κ2) is 25.3. The zero-order chi connectivity index (χ0) is 46.3. The van der Waals surface area contributed by atoms with Gasteiger partial charge in [-0.05, 0) is 75.2 Å². The first kappa shape index (κ1) is 52.3. The molecule has 0 spiro atoms. The number of ether oxygens (including phenoxy) is 3. The third-order valence-electron chi connectivity index (χ3n) is 13.1. The van der Waals surface area contributed by atoms with Crippen molar-refractivity contribution in [1.82, 2.24) is 25.3 Å². The first-order valence-corrected chi connectivity index (χ1v) is 22.9. The van der Waals surface area contributed by atoms with E-state index in [4.69, 9.17) is 14.2 Å². The van der Waals surface area contributed by atoms with Crippen molar-refractivity contribution in [3.8, 4) is 0 Å². The third kappa shape index (κ3) is 14.0. The van der Waals surface area contributed by atoms with Crippen LogP contribution in [0, 0.1) is 23.7 Å². The quantitative estimate of drug-likeness (QED) is 0.121. The molecule has 0 radical (unpaired) electrons. The fraction of sp³-hybridized carbons (Fsp3) is 0.729. The minimum atomic E-state index is -0.926. The maximum atomic E-state index is 14.6. The van der Waals surface area contributed by atoms with E-state index >= 15 is 0 Å². The van der Waals surface area contributed by atoms with Crippen LogP contribution in [-0.4, -0.2) is 133 Å². The summed E-state index contributed by atoms with van der Waals surface area (Å²) in [5.41, 5.74) is 0.698. The summed E-state index contributed by atoms with van der Waals surface area (Å²) < 4.78 is 17.9. The maximum absolute atomic E-state index is 14.6. The Morgan fingerprint density at radius 3 is 2.08 bits per heavy atom. The smallest absolute Gasteiger partial charge is 0.410 e. The summed E-state index contributed by atoms with van der Waals surface area (Å²) in [6.07, 6.45) is 7.50. The molecule has 0 aromatic heterocycles. The number of nitrogens with one attached hydrogen (secondary N) is 2. The number of aliphatic hydroxyl groups excluding tert-OH is 1. The minimum Gasteiger partial charge on any atom is -0.446 e. The number of likely N-dealkylation sites (N-methyl/N-ethyl adjacent to an activating group) is 2. The van der Waals surface area contributed by atoms with E-state index in [1.165, 1.54) is 4.90 Å². The number of aliphatic hydroxyl groups is 1. The molecule has 14 heteroatoms. The van der Waals surface area contributed by atoms with Gasteiger partial charge in [-0.25, -0.2) is 4.79 Å². The summed E-state index contributed by atoms with van der Waals surface area (Å²) in [5.74, 6) is -2.53. The third-order valence-corrected chi connectivity index (χ3v) is 13.1. The van der Waals surface area contributed by atoms with Gasteiger partial charge in [-0.2, -0.15) is 0 Å². The molecule has 1 unspecified atom stereocenters. The molecule has 1 heterocycles. The van der Waals surface area contributed by atoms with Crippen molar-refractivity contribution < 1.29 is 43.3 Å². The van der Waals surface area contributed by atoms with Gasteiger partial charge in [-0.1, -0.05) is 97.4 Å². The Bertz CT molecular complexity index is 1610. The highest BCUT2D eigenvalue weighted by atomic mass is 16.6. The lowest BCUT2D eigenvalue weighted by Gasteiger charge is -2.41. The lowest BCUT2D eigenvalue weighted by molar-refractivity contribution is -0.148. The van der Waals surface area contributed by atoms with Gasteiger partial charge in [-0.15, -0.1) is 0 Å². The van der Waals surface area contributed by atoms with Crippen molar-refractivity contribution in [2.75, 3.05) is 34.9 Å². The zero-order valence-electron chi connectivity index (χ0n) is 39.7. The van der Waals surface area contributed by atoms with Crippen LogP contribution in [0.4, 0.5) is 4.79 Å². The Labute approximate surface area is 371 Å². The van der Waals surface area contributed by atoms with Gasteiger partial charge in [0.15, 0.2) is 0 Å². The summed E-state index contributed by atoms with van der Waals surface area (Å²) in [5, 5.41) is 16.8. The van der Waals surface area contributed by atoms with Gasteiger partial charge in [-0.3, -0.25) is 24.1 Å². The predicted octanol–water partition coefficient (Wildman–Crippen LogP) is 6.27. The van der Waals surface area contributed by atoms with Crippen LogP contribution < -0.4 is 10.6 Å². The summed E-state index contributed by atoms with van der Waals surface area (Å²) >= 11 is 0. The van der Waals surface area contributed by atoms with Gasteiger partial charge in [0.1, 0.15) is 18.2 Å². The Hall–Kier alpha value is -4.01. The number of benzene rings is 1. The molecule has 11 atom stereocenters. The van der Waals surface area contributed by atoms with Gasteiger partial charge in [0, 0.05) is 34.9 Å². The van der Waals surface area contributed by atoms with E-state index in [0.29, 0.717) is 24.9 Å². The van der Waals surface area contributed by atoms with Crippen molar-refractivity contribution in [1.29, 1.82) is 0 Å². The number of hydrogen-bond acceptors (Lipinski definition) is 9. The van der Waals surface area contributed by atoms with Gasteiger partial charge >= 0.3 is 6.09 Å². The van der Waals surface area contributed by atoms with Crippen molar-refractivity contribution in [3.05, 3.63) is 48.0 Å². The van der Waals surface area contributed by atoms with Gasteiger partial charge in [0.2, 0.25) is 23.6 Å². The van der Waals surface area contributed by atoms with Gasteiger partial charge in [0.05, 0.1) is 48.8 Å². The number of rotatable bonds is 21. The predicted molar refractivity (Wildman–Crippen MR) is 241 cm³/mol. The highest BCUT2D eigenvalue weighted by Gasteiger charge is 2.44. The fourth-order valence-corrected chi connectivity index (χ4v) is 9.16. The molecule has 3 N–H and O–H groups in total. The Morgan fingerprint density at radius 2 is 1.48 bits per heavy atom. The lowest BCUT2D eigenvalue weighted by atomic mass is 9.89. The van der Waals surface area contributed by atoms with Crippen LogP contribution in [0.3, 0.4) is 0 Å². The van der Waals surface area contributed by atoms with Crippen molar-refractivity contribution in [3.63, 3.8) is 0 Å². The van der Waals surface area contributed by atoms with E-state index in [1.54, 1.807) is 52.0 Å². The molecular formula is C48H79N5O9. The normalized spacial score (nSPS) is 21.8. The average molecular weight is 870 g/mol. The van der Waals surface area contributed by atoms with Crippen molar-refractivity contribution >= 4 is 29.7 Å². The summed E-state index contributed by atoms with van der Waals surface area (Å²) in [6, 6.07) is 5.89. The van der Waals surface area contributed by atoms with Crippen LogP contribution in [0.2, 0.25) is 0 Å².